The number of carbonyl (C=O) groups excluding carboxylic acids is 2. The zero-order valence-corrected chi connectivity index (χ0v) is 18.6. The fraction of sp³-hybridized carbons (Fsp3) is 0.478. The van der Waals surface area contributed by atoms with Crippen molar-refractivity contribution in [3.05, 3.63) is 34.6 Å². The minimum atomic E-state index is -0.366. The van der Waals surface area contributed by atoms with Gasteiger partial charge in [0.1, 0.15) is 5.69 Å². The Balaban J connectivity index is 1.57. The van der Waals surface area contributed by atoms with Crippen molar-refractivity contribution in [3.8, 4) is 5.75 Å². The molecule has 1 N–H and O–H groups in total. The zero-order chi connectivity index (χ0) is 21.9. The normalized spacial score (nSPS) is 22.7. The van der Waals surface area contributed by atoms with Gasteiger partial charge in [0.25, 0.3) is 0 Å². The molecule has 1 amide bonds. The fourth-order valence-corrected chi connectivity index (χ4v) is 6.03. The van der Waals surface area contributed by atoms with Gasteiger partial charge in [-0.3, -0.25) is 9.59 Å². The van der Waals surface area contributed by atoms with Crippen LogP contribution in [-0.2, 0) is 9.59 Å². The number of allylic oxidation sites excluding steroid dienone is 2. The third-order valence-corrected chi connectivity index (χ3v) is 7.54. The van der Waals surface area contributed by atoms with Gasteiger partial charge in [-0.2, -0.15) is 0 Å². The van der Waals surface area contributed by atoms with Crippen molar-refractivity contribution >= 4 is 40.4 Å². The summed E-state index contributed by atoms with van der Waals surface area (Å²) < 4.78 is 21.4. The van der Waals surface area contributed by atoms with Crippen LogP contribution in [0.2, 0.25) is 0 Å². The number of hydrogen-bond donors (Lipinski definition) is 1. The summed E-state index contributed by atoms with van der Waals surface area (Å²) in [6.07, 6.45) is 2.95. The molecule has 3 aliphatic heterocycles. The van der Waals surface area contributed by atoms with E-state index in [4.69, 9.17) is 4.74 Å². The number of anilines is 2. The second-order valence-corrected chi connectivity index (χ2v) is 9.61. The van der Waals surface area contributed by atoms with Gasteiger partial charge in [0, 0.05) is 38.2 Å². The molecule has 0 radical (unpaired) electrons. The van der Waals surface area contributed by atoms with Crippen molar-refractivity contribution in [3.63, 3.8) is 0 Å². The van der Waals surface area contributed by atoms with Crippen LogP contribution in [0.4, 0.5) is 15.8 Å². The van der Waals surface area contributed by atoms with Gasteiger partial charge >= 0.3 is 0 Å². The number of thioether (sulfide) groups is 1. The number of benzene rings is 1. The first kappa shape index (κ1) is 20.4. The van der Waals surface area contributed by atoms with E-state index in [9.17, 15) is 9.59 Å². The van der Waals surface area contributed by atoms with E-state index < -0.39 is 0 Å². The van der Waals surface area contributed by atoms with Crippen LogP contribution in [-0.4, -0.2) is 50.2 Å². The van der Waals surface area contributed by atoms with Gasteiger partial charge in [-0.15, -0.1) is 0 Å². The molecular formula is C23H26FN3O3S. The average molecular weight is 444 g/mol. The van der Waals surface area contributed by atoms with Crippen LogP contribution in [0.1, 0.15) is 31.7 Å². The van der Waals surface area contributed by atoms with Crippen LogP contribution in [0.25, 0.3) is 5.57 Å². The maximum absolute atomic E-state index is 15.5. The predicted molar refractivity (Wildman–Crippen MR) is 121 cm³/mol. The molecule has 164 valence electrons. The fourth-order valence-electron chi connectivity index (χ4n) is 4.86. The summed E-state index contributed by atoms with van der Waals surface area (Å²) in [7, 11) is 1.58. The molecule has 31 heavy (non-hydrogen) atoms. The summed E-state index contributed by atoms with van der Waals surface area (Å²) >= 11 is 1.54. The molecule has 0 spiro atoms. The quantitative estimate of drug-likeness (QED) is 0.753. The Kier molecular flexibility index (Phi) is 5.00. The monoisotopic (exact) mass is 443 g/mol. The number of halogens is 1. The summed E-state index contributed by atoms with van der Waals surface area (Å²) in [6.45, 7) is 7.60. The number of nitrogens with one attached hydrogen (secondary N) is 1. The highest BCUT2D eigenvalue weighted by Gasteiger charge is 2.45. The van der Waals surface area contributed by atoms with Crippen LogP contribution in [0.3, 0.4) is 0 Å². The molecule has 6 nitrogen and oxygen atoms in total. The van der Waals surface area contributed by atoms with Crippen molar-refractivity contribution in [2.45, 2.75) is 32.2 Å². The molecule has 1 saturated heterocycles. The number of nitrogens with zero attached hydrogens (tertiary/aromatic N) is 2. The second kappa shape index (κ2) is 7.58. The molecule has 0 aromatic heterocycles. The lowest BCUT2D eigenvalue weighted by Crippen LogP contribution is -2.31. The minimum Gasteiger partial charge on any atom is -0.492 e. The lowest BCUT2D eigenvalue weighted by molar-refractivity contribution is -0.119. The predicted octanol–water partition coefficient (Wildman–Crippen LogP) is 3.32. The summed E-state index contributed by atoms with van der Waals surface area (Å²) in [6, 6.07) is 1.82. The third kappa shape index (κ3) is 3.32. The first-order chi connectivity index (χ1) is 14.9. The molecule has 1 saturated carbocycles. The topological polar surface area (TPSA) is 61.9 Å². The number of fused-ring (bicyclic) bond motifs is 1. The largest absolute Gasteiger partial charge is 0.492 e. The van der Waals surface area contributed by atoms with E-state index in [1.165, 1.54) is 13.0 Å². The lowest BCUT2D eigenvalue weighted by Gasteiger charge is -2.36. The van der Waals surface area contributed by atoms with Crippen molar-refractivity contribution in [2.75, 3.05) is 42.3 Å². The molecule has 1 atom stereocenters. The van der Waals surface area contributed by atoms with Crippen LogP contribution in [0, 0.1) is 11.7 Å². The summed E-state index contributed by atoms with van der Waals surface area (Å²) in [5.74, 6) is 0.808. The Hall–Kier alpha value is -2.48. The van der Waals surface area contributed by atoms with Crippen LogP contribution in [0.5, 0.6) is 5.75 Å². The SMILES string of the molecule is C=C1C2=C(SCC2=O)N(C2CC2)c2c1cc(F)c(N1CCC(CNC(C)=O)C1)c2OC. The molecule has 0 bridgehead atoms. The summed E-state index contributed by atoms with van der Waals surface area (Å²) in [5.41, 5.74) is 3.16. The molecule has 1 aliphatic carbocycles. The van der Waals surface area contributed by atoms with Gasteiger partial charge < -0.3 is 19.9 Å². The first-order valence-electron chi connectivity index (χ1n) is 10.7. The molecular weight excluding hydrogens is 417 g/mol. The van der Waals surface area contributed by atoms with Crippen molar-refractivity contribution in [1.82, 2.24) is 5.32 Å². The average Bonchev–Trinajstić information content (AvgIpc) is 3.34. The van der Waals surface area contributed by atoms with Crippen LogP contribution in [0.15, 0.2) is 23.2 Å². The van der Waals surface area contributed by atoms with E-state index >= 15 is 4.39 Å². The van der Waals surface area contributed by atoms with Crippen molar-refractivity contribution < 1.29 is 18.7 Å². The van der Waals surface area contributed by atoms with E-state index in [1.54, 1.807) is 18.9 Å². The number of rotatable bonds is 5. The Morgan fingerprint density at radius 2 is 2.13 bits per heavy atom. The van der Waals surface area contributed by atoms with Gasteiger partial charge in [-0.1, -0.05) is 18.3 Å². The molecule has 5 rings (SSSR count). The molecule has 1 unspecified atom stereocenters. The number of Topliss-reactive ketones (excluding diaryl/α,β-unsaturated/α-hetero) is 1. The number of hydrogen-bond acceptors (Lipinski definition) is 6. The Morgan fingerprint density at radius 1 is 1.35 bits per heavy atom. The van der Waals surface area contributed by atoms with Crippen molar-refractivity contribution in [1.29, 1.82) is 0 Å². The highest BCUT2D eigenvalue weighted by Crippen LogP contribution is 2.57. The number of carbonyl (C=O) groups is 2. The van der Waals surface area contributed by atoms with Crippen LogP contribution < -0.4 is 19.9 Å². The standard InChI is InChI=1S/C23H26FN3O3S/c1-12-16-8-17(24)21(26-7-6-14(10-26)9-25-13(2)28)22(30-3)20(16)27(15-4-5-15)23-19(12)18(29)11-31-23/h8,14-15H,1,4-7,9-11H2,2-3H3,(H,25,28). The minimum absolute atomic E-state index is 0.0535. The number of amides is 1. The van der Waals surface area contributed by atoms with Gasteiger partial charge in [0.2, 0.25) is 5.91 Å². The number of ketones is 1. The Morgan fingerprint density at radius 3 is 2.81 bits per heavy atom. The van der Waals surface area contributed by atoms with Gasteiger partial charge in [-0.05, 0) is 36.8 Å². The maximum Gasteiger partial charge on any atom is 0.216 e. The highest BCUT2D eigenvalue weighted by atomic mass is 32.2. The van der Waals surface area contributed by atoms with E-state index in [0.717, 1.165) is 30.0 Å². The zero-order valence-electron chi connectivity index (χ0n) is 17.8. The molecule has 1 aromatic rings. The smallest absolute Gasteiger partial charge is 0.216 e. The van der Waals surface area contributed by atoms with E-state index in [0.29, 0.717) is 59.6 Å². The second-order valence-electron chi connectivity index (χ2n) is 8.65. The Bertz CT molecular complexity index is 1030. The van der Waals surface area contributed by atoms with E-state index in [-0.39, 0.29) is 23.4 Å². The van der Waals surface area contributed by atoms with Gasteiger partial charge in [0.05, 0.1) is 29.2 Å². The molecule has 4 aliphatic rings. The van der Waals surface area contributed by atoms with E-state index in [2.05, 4.69) is 16.8 Å². The Labute approximate surface area is 185 Å². The molecule has 2 fully saturated rings. The summed E-state index contributed by atoms with van der Waals surface area (Å²) in [5, 5.41) is 3.80. The van der Waals surface area contributed by atoms with Gasteiger partial charge in [-0.25, -0.2) is 4.39 Å². The molecule has 3 heterocycles. The third-order valence-electron chi connectivity index (χ3n) is 6.46. The maximum atomic E-state index is 15.5. The lowest BCUT2D eigenvalue weighted by atomic mass is 9.91. The molecule has 8 heteroatoms. The van der Waals surface area contributed by atoms with Crippen LogP contribution >= 0.6 is 11.8 Å². The number of methoxy groups -OCH3 is 1. The number of ether oxygens (including phenoxy) is 1. The van der Waals surface area contributed by atoms with Gasteiger partial charge in [0.15, 0.2) is 17.3 Å². The molecule has 1 aromatic carbocycles. The van der Waals surface area contributed by atoms with E-state index in [1.807, 2.05) is 4.90 Å². The summed E-state index contributed by atoms with van der Waals surface area (Å²) in [4.78, 5) is 28.0. The first-order valence-corrected chi connectivity index (χ1v) is 11.7. The van der Waals surface area contributed by atoms with Crippen molar-refractivity contribution in [2.24, 2.45) is 5.92 Å². The highest BCUT2D eigenvalue weighted by molar-refractivity contribution is 8.04.